The second kappa shape index (κ2) is 10.9. The summed E-state index contributed by atoms with van der Waals surface area (Å²) in [6.45, 7) is 2.28. The Morgan fingerprint density at radius 1 is 1.03 bits per heavy atom. The summed E-state index contributed by atoms with van der Waals surface area (Å²) in [5.74, 6) is -1.02. The number of amides is 2. The average molecular weight is 556 g/mol. The Balaban J connectivity index is 1.52. The molecule has 2 amide bonds. The van der Waals surface area contributed by atoms with Gasteiger partial charge in [0.15, 0.2) is 11.5 Å². The van der Waals surface area contributed by atoms with Crippen molar-refractivity contribution in [1.29, 1.82) is 0 Å². The molecular weight excluding hydrogens is 537 g/mol. The highest BCUT2D eigenvalue weighted by Gasteiger charge is 2.35. The Kier molecular flexibility index (Phi) is 7.67. The fraction of sp³-hybridized carbons (Fsp3) is 0.115. The highest BCUT2D eigenvalue weighted by atomic mass is 79.9. The van der Waals surface area contributed by atoms with Gasteiger partial charge in [0.2, 0.25) is 0 Å². The number of benzene rings is 3. The second-order valence-electron chi connectivity index (χ2n) is 7.43. The largest absolute Gasteiger partial charge is 0.490 e. The predicted molar refractivity (Wildman–Crippen MR) is 135 cm³/mol. The van der Waals surface area contributed by atoms with Gasteiger partial charge in [0.05, 0.1) is 23.6 Å². The smallest absolute Gasteiger partial charge is 0.343 e. The van der Waals surface area contributed by atoms with Crippen molar-refractivity contribution in [2.45, 2.75) is 13.5 Å². The van der Waals surface area contributed by atoms with E-state index in [2.05, 4.69) is 15.9 Å². The number of imide groups is 1. The standard InChI is InChI=1S/C26H19BrFNO5S/c1-2-33-22-13-17(5-12-21(22)34-25(31)18-6-10-20(28)11-7-18)14-23-24(30)29(26(32)35-23)15-16-3-8-19(27)9-4-16/h3-14H,2,15H2,1H3/b23-14-. The minimum absolute atomic E-state index is 0.178. The number of thioether (sulfide) groups is 1. The predicted octanol–water partition coefficient (Wildman–Crippen LogP) is 6.44. The van der Waals surface area contributed by atoms with E-state index in [-0.39, 0.29) is 33.9 Å². The number of hydrogen-bond acceptors (Lipinski definition) is 6. The Bertz CT molecular complexity index is 1310. The van der Waals surface area contributed by atoms with Crippen LogP contribution in [0, 0.1) is 5.82 Å². The molecule has 1 heterocycles. The lowest BCUT2D eigenvalue weighted by Crippen LogP contribution is -2.27. The van der Waals surface area contributed by atoms with Gasteiger partial charge in [0.25, 0.3) is 11.1 Å². The Hall–Kier alpha value is -3.43. The molecule has 0 saturated carbocycles. The van der Waals surface area contributed by atoms with E-state index in [1.807, 2.05) is 24.3 Å². The summed E-state index contributed by atoms with van der Waals surface area (Å²) in [5.41, 5.74) is 1.63. The molecule has 0 spiro atoms. The van der Waals surface area contributed by atoms with Crippen LogP contribution in [0.2, 0.25) is 0 Å². The first-order valence-electron chi connectivity index (χ1n) is 10.6. The van der Waals surface area contributed by atoms with E-state index in [9.17, 15) is 18.8 Å². The number of halogens is 2. The van der Waals surface area contributed by atoms with Crippen LogP contribution in [0.25, 0.3) is 6.08 Å². The summed E-state index contributed by atoms with van der Waals surface area (Å²) < 4.78 is 25.1. The minimum atomic E-state index is -0.659. The molecule has 35 heavy (non-hydrogen) atoms. The maximum absolute atomic E-state index is 13.1. The van der Waals surface area contributed by atoms with Gasteiger partial charge in [-0.25, -0.2) is 9.18 Å². The molecule has 1 aliphatic rings. The van der Waals surface area contributed by atoms with Crippen LogP contribution in [-0.4, -0.2) is 28.6 Å². The van der Waals surface area contributed by atoms with Gasteiger partial charge in [0.1, 0.15) is 5.82 Å². The lowest BCUT2D eigenvalue weighted by atomic mass is 10.1. The zero-order chi connectivity index (χ0) is 24.9. The maximum Gasteiger partial charge on any atom is 0.343 e. The van der Waals surface area contributed by atoms with Gasteiger partial charge in [-0.2, -0.15) is 0 Å². The number of carbonyl (C=O) groups excluding carboxylic acids is 3. The van der Waals surface area contributed by atoms with Crippen molar-refractivity contribution in [2.75, 3.05) is 6.61 Å². The molecule has 0 bridgehead atoms. The molecule has 0 N–H and O–H groups in total. The van der Waals surface area contributed by atoms with Crippen molar-refractivity contribution in [3.8, 4) is 11.5 Å². The SMILES string of the molecule is CCOc1cc(/C=C2\SC(=O)N(Cc3ccc(Br)cc3)C2=O)ccc1OC(=O)c1ccc(F)cc1. The van der Waals surface area contributed by atoms with E-state index in [4.69, 9.17) is 9.47 Å². The number of esters is 1. The van der Waals surface area contributed by atoms with Gasteiger partial charge in [-0.05, 0) is 84.4 Å². The molecule has 0 atom stereocenters. The van der Waals surface area contributed by atoms with E-state index in [1.165, 1.54) is 29.2 Å². The van der Waals surface area contributed by atoms with Crippen LogP contribution in [0.5, 0.6) is 11.5 Å². The number of nitrogens with zero attached hydrogens (tertiary/aromatic N) is 1. The Morgan fingerprint density at radius 3 is 2.43 bits per heavy atom. The summed E-state index contributed by atoms with van der Waals surface area (Å²) in [6.07, 6.45) is 1.60. The fourth-order valence-corrected chi connectivity index (χ4v) is 4.37. The van der Waals surface area contributed by atoms with Crippen LogP contribution in [-0.2, 0) is 11.3 Å². The molecule has 1 aliphatic heterocycles. The molecule has 3 aromatic carbocycles. The summed E-state index contributed by atoms with van der Waals surface area (Å²) in [5, 5.41) is -0.348. The highest BCUT2D eigenvalue weighted by Crippen LogP contribution is 2.35. The van der Waals surface area contributed by atoms with Crippen molar-refractivity contribution in [3.63, 3.8) is 0 Å². The third kappa shape index (κ3) is 5.98. The molecule has 6 nitrogen and oxygen atoms in total. The maximum atomic E-state index is 13.1. The van der Waals surface area contributed by atoms with E-state index < -0.39 is 11.8 Å². The third-order valence-corrected chi connectivity index (χ3v) is 6.41. The van der Waals surface area contributed by atoms with Gasteiger partial charge in [-0.3, -0.25) is 14.5 Å². The highest BCUT2D eigenvalue weighted by molar-refractivity contribution is 9.10. The van der Waals surface area contributed by atoms with Crippen molar-refractivity contribution in [1.82, 2.24) is 4.90 Å². The van der Waals surface area contributed by atoms with Gasteiger partial charge < -0.3 is 9.47 Å². The number of hydrogen-bond donors (Lipinski definition) is 0. The van der Waals surface area contributed by atoms with Crippen molar-refractivity contribution < 1.29 is 28.2 Å². The van der Waals surface area contributed by atoms with E-state index in [1.54, 1.807) is 31.2 Å². The van der Waals surface area contributed by atoms with Crippen LogP contribution in [0.3, 0.4) is 0 Å². The van der Waals surface area contributed by atoms with Gasteiger partial charge in [-0.15, -0.1) is 0 Å². The molecule has 1 fully saturated rings. The molecule has 178 valence electrons. The zero-order valence-electron chi connectivity index (χ0n) is 18.5. The van der Waals surface area contributed by atoms with Crippen LogP contribution < -0.4 is 9.47 Å². The lowest BCUT2D eigenvalue weighted by Gasteiger charge is -2.12. The van der Waals surface area contributed by atoms with Crippen LogP contribution in [0.1, 0.15) is 28.4 Å². The van der Waals surface area contributed by atoms with Crippen LogP contribution >= 0.6 is 27.7 Å². The first-order valence-corrected chi connectivity index (χ1v) is 12.2. The van der Waals surface area contributed by atoms with Gasteiger partial charge in [-0.1, -0.05) is 34.1 Å². The molecule has 0 unspecified atom stereocenters. The van der Waals surface area contributed by atoms with Crippen molar-refractivity contribution in [2.24, 2.45) is 0 Å². The van der Waals surface area contributed by atoms with Crippen molar-refractivity contribution >= 4 is 50.9 Å². The molecule has 0 aromatic heterocycles. The Morgan fingerprint density at radius 2 is 1.74 bits per heavy atom. The molecule has 9 heteroatoms. The van der Waals surface area contributed by atoms with Gasteiger partial charge in [0, 0.05) is 4.47 Å². The molecule has 0 radical (unpaired) electrons. The first kappa shape index (κ1) is 24.7. The fourth-order valence-electron chi connectivity index (χ4n) is 3.27. The summed E-state index contributed by atoms with van der Waals surface area (Å²) >= 11 is 4.23. The van der Waals surface area contributed by atoms with E-state index >= 15 is 0 Å². The molecule has 4 rings (SSSR count). The second-order valence-corrected chi connectivity index (χ2v) is 9.34. The molecule has 3 aromatic rings. The Labute approximate surface area is 213 Å². The quantitative estimate of drug-likeness (QED) is 0.190. The van der Waals surface area contributed by atoms with Gasteiger partial charge >= 0.3 is 5.97 Å². The van der Waals surface area contributed by atoms with Crippen LogP contribution in [0.4, 0.5) is 9.18 Å². The number of ether oxygens (including phenoxy) is 2. The molecular formula is C26H19BrFNO5S. The summed E-state index contributed by atoms with van der Waals surface area (Å²) in [6, 6.07) is 17.2. The van der Waals surface area contributed by atoms with E-state index in [0.29, 0.717) is 17.9 Å². The zero-order valence-corrected chi connectivity index (χ0v) is 20.9. The lowest BCUT2D eigenvalue weighted by molar-refractivity contribution is -0.123. The summed E-state index contributed by atoms with van der Waals surface area (Å²) in [7, 11) is 0. The summed E-state index contributed by atoms with van der Waals surface area (Å²) in [4.78, 5) is 39.2. The van der Waals surface area contributed by atoms with Crippen molar-refractivity contribution in [3.05, 3.63) is 98.6 Å². The van der Waals surface area contributed by atoms with E-state index in [0.717, 1.165) is 21.8 Å². The normalized spacial score (nSPS) is 14.5. The first-order chi connectivity index (χ1) is 16.8. The average Bonchev–Trinajstić information content (AvgIpc) is 3.10. The topological polar surface area (TPSA) is 72.9 Å². The monoisotopic (exact) mass is 555 g/mol. The number of carbonyl (C=O) groups is 3. The van der Waals surface area contributed by atoms with Crippen LogP contribution in [0.15, 0.2) is 76.1 Å². The third-order valence-electron chi connectivity index (χ3n) is 4.98. The molecule has 0 aliphatic carbocycles. The minimum Gasteiger partial charge on any atom is -0.490 e. The molecule has 1 saturated heterocycles. The number of rotatable bonds is 7.